The highest BCUT2D eigenvalue weighted by atomic mass is 16.3. The van der Waals surface area contributed by atoms with Crippen molar-refractivity contribution in [1.29, 1.82) is 0 Å². The molecule has 1 aromatic rings. The molecule has 2 unspecified atom stereocenters. The minimum Gasteiger partial charge on any atom is -0.391 e. The predicted molar refractivity (Wildman–Crippen MR) is 88.5 cm³/mol. The van der Waals surface area contributed by atoms with Crippen LogP contribution < -0.4 is 5.32 Å². The van der Waals surface area contributed by atoms with Gasteiger partial charge in [0, 0.05) is 12.1 Å². The molecule has 21 heavy (non-hydrogen) atoms. The average Bonchev–Trinajstić information content (AvgIpc) is 2.50. The number of piperidine rings is 1. The molecule has 0 saturated carbocycles. The van der Waals surface area contributed by atoms with Crippen molar-refractivity contribution in [2.45, 2.75) is 57.7 Å². The lowest BCUT2D eigenvalue weighted by molar-refractivity contribution is 0.115. The van der Waals surface area contributed by atoms with E-state index < -0.39 is 0 Å². The Hall–Kier alpha value is -0.900. The standard InChI is InChI=1S/C18H30N2O/c1-3-11-20-12-9-17(10-13-20)19-15(2)18(21)14-16-7-5-4-6-8-16/h4-8,15,17-19,21H,3,9-14H2,1-2H3. The van der Waals surface area contributed by atoms with Crippen LogP contribution in [0.15, 0.2) is 30.3 Å². The molecule has 2 N–H and O–H groups in total. The van der Waals surface area contributed by atoms with Crippen molar-refractivity contribution in [3.8, 4) is 0 Å². The van der Waals surface area contributed by atoms with E-state index in [4.69, 9.17) is 0 Å². The SMILES string of the molecule is CCCN1CCC(NC(C)C(O)Cc2ccccc2)CC1. The van der Waals surface area contributed by atoms with Gasteiger partial charge >= 0.3 is 0 Å². The summed E-state index contributed by atoms with van der Waals surface area (Å²) in [4.78, 5) is 2.54. The van der Waals surface area contributed by atoms with E-state index in [2.05, 4.69) is 36.2 Å². The third kappa shape index (κ3) is 5.42. The summed E-state index contributed by atoms with van der Waals surface area (Å²) in [6, 6.07) is 10.9. The Labute approximate surface area is 129 Å². The fourth-order valence-electron chi connectivity index (χ4n) is 3.15. The molecule has 1 aromatic carbocycles. The molecule has 0 radical (unpaired) electrons. The third-order valence-electron chi connectivity index (χ3n) is 4.49. The van der Waals surface area contributed by atoms with Crippen molar-refractivity contribution >= 4 is 0 Å². The highest BCUT2D eigenvalue weighted by molar-refractivity contribution is 5.15. The molecule has 2 rings (SSSR count). The molecule has 3 nitrogen and oxygen atoms in total. The van der Waals surface area contributed by atoms with Gasteiger partial charge in [0.05, 0.1) is 6.10 Å². The molecular formula is C18H30N2O. The van der Waals surface area contributed by atoms with Gasteiger partial charge < -0.3 is 15.3 Å². The Morgan fingerprint density at radius 1 is 1.24 bits per heavy atom. The number of benzene rings is 1. The van der Waals surface area contributed by atoms with Gasteiger partial charge in [0.15, 0.2) is 0 Å². The van der Waals surface area contributed by atoms with Crippen LogP contribution in [0.4, 0.5) is 0 Å². The molecular weight excluding hydrogens is 260 g/mol. The topological polar surface area (TPSA) is 35.5 Å². The molecule has 1 aliphatic heterocycles. The second-order valence-corrected chi connectivity index (χ2v) is 6.33. The van der Waals surface area contributed by atoms with E-state index in [9.17, 15) is 5.11 Å². The van der Waals surface area contributed by atoms with Gasteiger partial charge in [-0.3, -0.25) is 0 Å². The fourth-order valence-corrected chi connectivity index (χ4v) is 3.15. The number of rotatable bonds is 7. The Bertz CT molecular complexity index is 387. The number of nitrogens with zero attached hydrogens (tertiary/aromatic N) is 1. The molecule has 0 spiro atoms. The Morgan fingerprint density at radius 2 is 1.90 bits per heavy atom. The van der Waals surface area contributed by atoms with Crippen LogP contribution in [0.2, 0.25) is 0 Å². The number of likely N-dealkylation sites (tertiary alicyclic amines) is 1. The maximum Gasteiger partial charge on any atom is 0.0730 e. The van der Waals surface area contributed by atoms with E-state index >= 15 is 0 Å². The summed E-state index contributed by atoms with van der Waals surface area (Å²) in [6.07, 6.45) is 4.04. The van der Waals surface area contributed by atoms with Crippen LogP contribution in [0.3, 0.4) is 0 Å². The molecule has 0 amide bonds. The maximum absolute atomic E-state index is 10.4. The molecule has 0 bridgehead atoms. The van der Waals surface area contributed by atoms with Gasteiger partial charge in [-0.2, -0.15) is 0 Å². The molecule has 0 aliphatic carbocycles. The van der Waals surface area contributed by atoms with E-state index in [0.29, 0.717) is 6.04 Å². The Balaban J connectivity index is 1.73. The molecule has 0 aromatic heterocycles. The van der Waals surface area contributed by atoms with Crippen LogP contribution in [0, 0.1) is 0 Å². The van der Waals surface area contributed by atoms with Crippen molar-refractivity contribution in [3.05, 3.63) is 35.9 Å². The van der Waals surface area contributed by atoms with Gasteiger partial charge in [-0.25, -0.2) is 0 Å². The number of nitrogens with one attached hydrogen (secondary N) is 1. The van der Waals surface area contributed by atoms with Crippen molar-refractivity contribution < 1.29 is 5.11 Å². The highest BCUT2D eigenvalue weighted by Crippen LogP contribution is 2.13. The van der Waals surface area contributed by atoms with Crippen LogP contribution >= 0.6 is 0 Å². The van der Waals surface area contributed by atoms with Crippen LogP contribution in [-0.4, -0.2) is 47.8 Å². The van der Waals surface area contributed by atoms with Crippen molar-refractivity contribution in [2.75, 3.05) is 19.6 Å². The van der Waals surface area contributed by atoms with Crippen molar-refractivity contribution in [3.63, 3.8) is 0 Å². The van der Waals surface area contributed by atoms with Crippen molar-refractivity contribution in [2.24, 2.45) is 0 Å². The summed E-state index contributed by atoms with van der Waals surface area (Å²) in [5.41, 5.74) is 1.21. The average molecular weight is 290 g/mol. The third-order valence-corrected chi connectivity index (χ3v) is 4.49. The zero-order chi connectivity index (χ0) is 15.1. The minimum absolute atomic E-state index is 0.146. The first-order valence-electron chi connectivity index (χ1n) is 8.39. The summed E-state index contributed by atoms with van der Waals surface area (Å²) >= 11 is 0. The van der Waals surface area contributed by atoms with E-state index in [-0.39, 0.29) is 12.1 Å². The molecule has 1 heterocycles. The minimum atomic E-state index is -0.318. The van der Waals surface area contributed by atoms with Gasteiger partial charge in [0.1, 0.15) is 0 Å². The predicted octanol–water partition coefficient (Wildman–Crippen LogP) is 2.44. The van der Waals surface area contributed by atoms with Gasteiger partial charge in [0.2, 0.25) is 0 Å². The van der Waals surface area contributed by atoms with E-state index in [0.717, 1.165) is 6.42 Å². The molecule has 2 atom stereocenters. The van der Waals surface area contributed by atoms with Gasteiger partial charge in [-0.05, 0) is 57.8 Å². The molecule has 1 saturated heterocycles. The quantitative estimate of drug-likeness (QED) is 0.809. The largest absolute Gasteiger partial charge is 0.391 e. The van der Waals surface area contributed by atoms with Crippen molar-refractivity contribution in [1.82, 2.24) is 10.2 Å². The summed E-state index contributed by atoms with van der Waals surface area (Å²) < 4.78 is 0. The second kappa shape index (κ2) is 8.52. The van der Waals surface area contributed by atoms with Gasteiger partial charge in [-0.15, -0.1) is 0 Å². The lowest BCUT2D eigenvalue weighted by Crippen LogP contribution is -2.49. The first kappa shape index (κ1) is 16.5. The maximum atomic E-state index is 10.4. The first-order valence-corrected chi connectivity index (χ1v) is 8.39. The molecule has 1 fully saturated rings. The number of aliphatic hydroxyl groups excluding tert-OH is 1. The van der Waals surface area contributed by atoms with E-state index in [1.807, 2.05) is 18.2 Å². The fraction of sp³-hybridized carbons (Fsp3) is 0.667. The van der Waals surface area contributed by atoms with Crippen LogP contribution in [0.1, 0.15) is 38.7 Å². The number of hydrogen-bond donors (Lipinski definition) is 2. The smallest absolute Gasteiger partial charge is 0.0730 e. The Morgan fingerprint density at radius 3 is 2.52 bits per heavy atom. The first-order chi connectivity index (χ1) is 10.2. The van der Waals surface area contributed by atoms with E-state index in [1.165, 1.54) is 44.5 Å². The second-order valence-electron chi connectivity index (χ2n) is 6.33. The summed E-state index contributed by atoms with van der Waals surface area (Å²) in [5.74, 6) is 0. The monoisotopic (exact) mass is 290 g/mol. The zero-order valence-electron chi connectivity index (χ0n) is 13.5. The number of aliphatic hydroxyl groups is 1. The zero-order valence-corrected chi connectivity index (χ0v) is 13.5. The summed E-state index contributed by atoms with van der Waals surface area (Å²) in [7, 11) is 0. The molecule has 1 aliphatic rings. The van der Waals surface area contributed by atoms with Crippen LogP contribution in [0.25, 0.3) is 0 Å². The van der Waals surface area contributed by atoms with Gasteiger partial charge in [0.25, 0.3) is 0 Å². The van der Waals surface area contributed by atoms with E-state index in [1.54, 1.807) is 0 Å². The Kier molecular flexibility index (Phi) is 6.68. The van der Waals surface area contributed by atoms with Gasteiger partial charge in [-0.1, -0.05) is 37.3 Å². The molecule has 118 valence electrons. The lowest BCUT2D eigenvalue weighted by atomic mass is 9.99. The highest BCUT2D eigenvalue weighted by Gasteiger charge is 2.22. The normalized spacial score (nSPS) is 20.3. The summed E-state index contributed by atoms with van der Waals surface area (Å²) in [6.45, 7) is 7.94. The lowest BCUT2D eigenvalue weighted by Gasteiger charge is -2.34. The van der Waals surface area contributed by atoms with Crippen LogP contribution in [-0.2, 0) is 6.42 Å². The molecule has 3 heteroatoms. The number of hydrogen-bond acceptors (Lipinski definition) is 3. The van der Waals surface area contributed by atoms with Crippen LogP contribution in [0.5, 0.6) is 0 Å². The summed E-state index contributed by atoms with van der Waals surface area (Å²) in [5, 5.41) is 14.0.